The van der Waals surface area contributed by atoms with Gasteiger partial charge in [-0.15, -0.1) is 0 Å². The van der Waals surface area contributed by atoms with Crippen LogP contribution in [0, 0.1) is 94.7 Å². The van der Waals surface area contributed by atoms with Crippen molar-refractivity contribution in [1.82, 2.24) is 0 Å². The Labute approximate surface area is 698 Å². The molecule has 16 unspecified atom stereocenters. The fraction of sp³-hybridized carbons (Fsp3) is 0.957. The van der Waals surface area contributed by atoms with Gasteiger partial charge in [-0.1, -0.05) is 370 Å². The Hall–Kier alpha value is -2.06. The van der Waals surface area contributed by atoms with Crippen molar-refractivity contribution in [2.24, 2.45) is 94.7 Å². The van der Waals surface area contributed by atoms with E-state index in [0.717, 1.165) is 124 Å². The zero-order valence-electron chi connectivity index (χ0n) is 76.8. The highest BCUT2D eigenvalue weighted by Crippen LogP contribution is 2.45. The van der Waals surface area contributed by atoms with Gasteiger partial charge < -0.3 is 49.2 Å². The molecule has 0 aliphatic heterocycles. The Morgan fingerprint density at radius 2 is 0.412 bits per heavy atom. The maximum atomic E-state index is 13.0. The lowest BCUT2D eigenvalue weighted by Gasteiger charge is -2.21. The molecule has 22 heteroatoms. The first-order valence-electron chi connectivity index (χ1n) is 46.1. The molecule has 0 heterocycles. The standard InChI is InChI=1S/2C46H91O10P/c2*1-35(2)17-11-19-37(5)21-13-23-39(7)25-15-27-41(9)29-45(49)53-33-44(34-55-57(51,52)54-32-43(48)31-47)56-46(50)30-42(10)28-16-26-40(8)24-14-22-38(6)20-12-18-36(3)4/h2*35-44,47-48H,11-34H2,1-10H3,(H,51,52)/t2*37?,38?,39?,40?,41?,42?,43?,44-/m11/s1. The number of phosphoric acid groups is 2. The molecule has 0 amide bonds. The average molecular weight is 1670 g/mol. The van der Waals surface area contributed by atoms with Crippen molar-refractivity contribution in [2.45, 2.75) is 420 Å². The molecule has 20 nitrogen and oxygen atoms in total. The molecule has 18 atom stereocenters. The van der Waals surface area contributed by atoms with Gasteiger partial charge in [-0.05, 0) is 94.7 Å². The molecule has 0 aromatic carbocycles. The lowest BCUT2D eigenvalue weighted by Crippen LogP contribution is -2.30. The van der Waals surface area contributed by atoms with Crippen LogP contribution in [0.5, 0.6) is 0 Å². The highest BCUT2D eigenvalue weighted by Gasteiger charge is 2.31. The van der Waals surface area contributed by atoms with Crippen LogP contribution < -0.4 is 0 Å². The largest absolute Gasteiger partial charge is 0.472 e. The van der Waals surface area contributed by atoms with E-state index >= 15 is 0 Å². The van der Waals surface area contributed by atoms with Gasteiger partial charge in [-0.25, -0.2) is 9.13 Å². The molecular weight excluding hydrogens is 1490 g/mol. The lowest BCUT2D eigenvalue weighted by molar-refractivity contribution is -0.162. The van der Waals surface area contributed by atoms with Crippen LogP contribution in [0.3, 0.4) is 0 Å². The molecule has 0 spiro atoms. The van der Waals surface area contributed by atoms with Crippen LogP contribution in [0.25, 0.3) is 0 Å². The molecule has 0 saturated heterocycles. The third-order valence-electron chi connectivity index (χ3n) is 22.7. The van der Waals surface area contributed by atoms with Crippen molar-refractivity contribution < 1.29 is 95.6 Å². The second-order valence-corrected chi connectivity index (χ2v) is 41.1. The van der Waals surface area contributed by atoms with E-state index < -0.39 is 104 Å². The molecule has 6 N–H and O–H groups in total. The molecule has 680 valence electrons. The summed E-state index contributed by atoms with van der Waals surface area (Å²) in [6, 6.07) is 0. The molecule has 0 fully saturated rings. The summed E-state index contributed by atoms with van der Waals surface area (Å²) < 4.78 is 66.5. The zero-order chi connectivity index (χ0) is 86.5. The Balaban J connectivity index is 0. The molecule has 0 aliphatic carbocycles. The van der Waals surface area contributed by atoms with E-state index in [-0.39, 0.29) is 62.6 Å². The van der Waals surface area contributed by atoms with Gasteiger partial charge in [-0.3, -0.25) is 37.3 Å². The van der Waals surface area contributed by atoms with Gasteiger partial charge in [0.15, 0.2) is 12.2 Å². The van der Waals surface area contributed by atoms with Gasteiger partial charge in [0.05, 0.1) is 39.6 Å². The van der Waals surface area contributed by atoms with Gasteiger partial charge in [0, 0.05) is 25.7 Å². The molecule has 114 heavy (non-hydrogen) atoms. The SMILES string of the molecule is CC(C)CCCC(C)CCCC(C)CCCC(C)CC(=O)OC[C@H](COP(=O)(O)OCC(O)CO)OC(=O)CC(C)CCCC(C)CCCC(C)CCCC(C)C.CC(C)CCCC(C)CCCC(C)CCCC(C)CC(=O)OC[C@H](COP(=O)(O)OCC(O)CO)OC(=O)CC(C)CCCC(C)CCCC(C)CCCC(C)C. The predicted octanol–water partition coefficient (Wildman–Crippen LogP) is 23.7. The maximum absolute atomic E-state index is 13.0. The molecule has 0 aromatic heterocycles. The predicted molar refractivity (Wildman–Crippen MR) is 465 cm³/mol. The van der Waals surface area contributed by atoms with Gasteiger partial charge >= 0.3 is 39.5 Å². The summed E-state index contributed by atoms with van der Waals surface area (Å²) in [5.41, 5.74) is 0. The quantitative estimate of drug-likeness (QED) is 0.0187. The van der Waals surface area contributed by atoms with Crippen molar-refractivity contribution in [3.8, 4) is 0 Å². The number of ether oxygens (including phenoxy) is 4. The van der Waals surface area contributed by atoms with Gasteiger partial charge in [-0.2, -0.15) is 0 Å². The highest BCUT2D eigenvalue weighted by atomic mass is 31.2. The topological polar surface area (TPSA) is 298 Å². The van der Waals surface area contributed by atoms with Crippen LogP contribution in [0.1, 0.15) is 395 Å². The second kappa shape index (κ2) is 70.5. The molecule has 0 aromatic rings. The van der Waals surface area contributed by atoms with E-state index in [4.69, 9.17) is 47.3 Å². The fourth-order valence-corrected chi connectivity index (χ4v) is 16.4. The van der Waals surface area contributed by atoms with Gasteiger partial charge in [0.1, 0.15) is 25.4 Å². The number of hydrogen-bond donors (Lipinski definition) is 6. The summed E-state index contributed by atoms with van der Waals surface area (Å²) in [6.45, 7) is 40.8. The lowest BCUT2D eigenvalue weighted by atomic mass is 9.91. The Morgan fingerprint density at radius 1 is 0.246 bits per heavy atom. The van der Waals surface area contributed by atoms with Crippen LogP contribution in [0.15, 0.2) is 0 Å². The smallest absolute Gasteiger partial charge is 0.462 e. The summed E-state index contributed by atoms with van der Waals surface area (Å²) in [6.07, 6.45) is 38.9. The monoisotopic (exact) mass is 1670 g/mol. The number of carbonyl (C=O) groups is 4. The van der Waals surface area contributed by atoms with Crippen molar-refractivity contribution in [1.29, 1.82) is 0 Å². The zero-order valence-corrected chi connectivity index (χ0v) is 78.6. The van der Waals surface area contributed by atoms with E-state index in [1.807, 2.05) is 27.7 Å². The number of esters is 4. The van der Waals surface area contributed by atoms with E-state index in [2.05, 4.69) is 111 Å². The molecular formula is C92H182O20P2. The summed E-state index contributed by atoms with van der Waals surface area (Å²) in [5, 5.41) is 36.9. The van der Waals surface area contributed by atoms with E-state index in [1.165, 1.54) is 154 Å². The van der Waals surface area contributed by atoms with E-state index in [1.54, 1.807) is 0 Å². The van der Waals surface area contributed by atoms with Crippen LogP contribution in [0.4, 0.5) is 0 Å². The number of phosphoric ester groups is 2. The molecule has 0 radical (unpaired) electrons. The Morgan fingerprint density at radius 3 is 0.596 bits per heavy atom. The van der Waals surface area contributed by atoms with Crippen LogP contribution in [0.2, 0.25) is 0 Å². The number of aliphatic hydroxyl groups excluding tert-OH is 4. The first-order chi connectivity index (χ1) is 53.6. The first-order valence-corrected chi connectivity index (χ1v) is 49.1. The van der Waals surface area contributed by atoms with Crippen LogP contribution >= 0.6 is 15.6 Å². The van der Waals surface area contributed by atoms with Crippen molar-refractivity contribution >= 4 is 39.5 Å². The second-order valence-electron chi connectivity index (χ2n) is 38.2. The number of hydrogen-bond acceptors (Lipinski definition) is 18. The minimum Gasteiger partial charge on any atom is -0.462 e. The molecule has 0 aliphatic rings. The molecule has 0 saturated carbocycles. The summed E-state index contributed by atoms with van der Waals surface area (Å²) in [5.74, 6) is 7.37. The fourth-order valence-electron chi connectivity index (χ4n) is 14.8. The third-order valence-corrected chi connectivity index (χ3v) is 24.6. The van der Waals surface area contributed by atoms with Crippen LogP contribution in [-0.4, -0.2) is 131 Å². The first kappa shape index (κ1) is 114. The Kier molecular flexibility index (Phi) is 70.5. The van der Waals surface area contributed by atoms with E-state index in [0.29, 0.717) is 23.7 Å². The van der Waals surface area contributed by atoms with Gasteiger partial charge in [0.2, 0.25) is 0 Å². The minimum absolute atomic E-state index is 0.0775. The van der Waals surface area contributed by atoms with E-state index in [9.17, 15) is 48.3 Å². The Bertz CT molecular complexity index is 2240. The third kappa shape index (κ3) is 75.0. The number of aliphatic hydroxyl groups is 4. The highest BCUT2D eigenvalue weighted by molar-refractivity contribution is 7.47. The summed E-state index contributed by atoms with van der Waals surface area (Å²) in [4.78, 5) is 71.7. The summed E-state index contributed by atoms with van der Waals surface area (Å²) >= 11 is 0. The number of rotatable bonds is 76. The summed E-state index contributed by atoms with van der Waals surface area (Å²) in [7, 11) is -9.29. The van der Waals surface area contributed by atoms with Crippen molar-refractivity contribution in [3.05, 3.63) is 0 Å². The maximum Gasteiger partial charge on any atom is 0.472 e. The molecule has 0 bridgehead atoms. The average Bonchev–Trinajstić information content (AvgIpc) is 0.902. The number of carbonyl (C=O) groups excluding carboxylic acids is 4. The van der Waals surface area contributed by atoms with Crippen molar-refractivity contribution in [2.75, 3.05) is 52.9 Å². The molecule has 0 rings (SSSR count). The van der Waals surface area contributed by atoms with Gasteiger partial charge in [0.25, 0.3) is 0 Å². The normalized spacial score (nSPS) is 17.4. The minimum atomic E-state index is -4.65. The van der Waals surface area contributed by atoms with Crippen LogP contribution in [-0.2, 0) is 65.4 Å². The van der Waals surface area contributed by atoms with Crippen molar-refractivity contribution in [3.63, 3.8) is 0 Å².